The highest BCUT2D eigenvalue weighted by Crippen LogP contribution is 2.02. The van der Waals surface area contributed by atoms with Gasteiger partial charge >= 0.3 is 5.97 Å². The fourth-order valence-electron chi connectivity index (χ4n) is 4.37. The highest BCUT2D eigenvalue weighted by atomic mass is 16.6. The van der Waals surface area contributed by atoms with Gasteiger partial charge in [-0.15, -0.1) is 0 Å². The van der Waals surface area contributed by atoms with E-state index in [2.05, 4.69) is 10.6 Å². The third kappa shape index (κ3) is 41.6. The minimum absolute atomic E-state index is 0.103. The van der Waals surface area contributed by atoms with E-state index in [0.717, 1.165) is 5.56 Å². The molecule has 0 bridgehead atoms. The van der Waals surface area contributed by atoms with Gasteiger partial charge in [0.25, 0.3) is 0 Å². The lowest BCUT2D eigenvalue weighted by Crippen LogP contribution is -2.28. The van der Waals surface area contributed by atoms with E-state index in [-0.39, 0.29) is 50.3 Å². The summed E-state index contributed by atoms with van der Waals surface area (Å²) in [6.45, 7) is 11.5. The van der Waals surface area contributed by atoms with Crippen molar-refractivity contribution in [2.75, 3.05) is 178 Å². The number of ether oxygens (including phenoxy) is 13. The zero-order chi connectivity index (χ0) is 42.4. The second-order valence-corrected chi connectivity index (χ2v) is 12.2. The minimum Gasteiger partial charge on any atom is -0.461 e. The number of amides is 2. The second kappa shape index (κ2) is 44.7. The van der Waals surface area contributed by atoms with Crippen molar-refractivity contribution in [2.24, 2.45) is 5.73 Å². The Morgan fingerprint density at radius 1 is 0.390 bits per heavy atom. The van der Waals surface area contributed by atoms with Gasteiger partial charge in [-0.2, -0.15) is 0 Å². The van der Waals surface area contributed by atoms with Gasteiger partial charge < -0.3 is 77.9 Å². The number of hydrogen-bond acceptors (Lipinski definition) is 17. The number of carbonyl (C=O) groups excluding carboxylic acids is 3. The molecule has 0 aliphatic rings. The van der Waals surface area contributed by atoms with Crippen LogP contribution in [-0.4, -0.2) is 196 Å². The molecule has 0 atom stereocenters. The minimum atomic E-state index is -0.299. The number of benzene rings is 1. The van der Waals surface area contributed by atoms with E-state index in [4.69, 9.17) is 67.3 Å². The van der Waals surface area contributed by atoms with E-state index in [1.54, 1.807) is 0 Å². The predicted molar refractivity (Wildman–Crippen MR) is 215 cm³/mol. The van der Waals surface area contributed by atoms with Gasteiger partial charge in [0.15, 0.2) is 0 Å². The van der Waals surface area contributed by atoms with Gasteiger partial charge in [0.1, 0.15) is 6.61 Å². The van der Waals surface area contributed by atoms with Crippen LogP contribution in [0.5, 0.6) is 0 Å². The summed E-state index contributed by atoms with van der Waals surface area (Å²) in [6.07, 6.45) is 0.709. The Morgan fingerprint density at radius 2 is 0.695 bits per heavy atom. The third-order valence-electron chi connectivity index (χ3n) is 7.39. The van der Waals surface area contributed by atoms with Crippen molar-refractivity contribution in [3.05, 3.63) is 35.9 Å². The van der Waals surface area contributed by atoms with E-state index < -0.39 is 0 Å². The molecule has 0 heterocycles. The molecule has 0 fully saturated rings. The average Bonchev–Trinajstić information content (AvgIpc) is 3.24. The van der Waals surface area contributed by atoms with Crippen molar-refractivity contribution in [2.45, 2.75) is 25.9 Å². The molecule has 0 spiro atoms. The average molecular weight is 850 g/mol. The van der Waals surface area contributed by atoms with Crippen molar-refractivity contribution < 1.29 is 76.0 Å². The maximum atomic E-state index is 11.9. The Kier molecular flexibility index (Phi) is 41.0. The molecule has 0 aromatic heterocycles. The van der Waals surface area contributed by atoms with Gasteiger partial charge in [0, 0.05) is 32.5 Å². The van der Waals surface area contributed by atoms with Gasteiger partial charge in [-0.1, -0.05) is 30.3 Å². The van der Waals surface area contributed by atoms with Gasteiger partial charge in [0.05, 0.1) is 165 Å². The van der Waals surface area contributed by atoms with Crippen molar-refractivity contribution in [3.63, 3.8) is 0 Å². The molecule has 4 N–H and O–H groups in total. The van der Waals surface area contributed by atoms with Crippen LogP contribution in [0.25, 0.3) is 0 Å². The third-order valence-corrected chi connectivity index (χ3v) is 7.39. The van der Waals surface area contributed by atoms with Crippen molar-refractivity contribution in [1.29, 1.82) is 0 Å². The lowest BCUT2D eigenvalue weighted by molar-refractivity contribution is -0.146. The van der Waals surface area contributed by atoms with Crippen molar-refractivity contribution in [3.8, 4) is 0 Å². The van der Waals surface area contributed by atoms with Gasteiger partial charge in [0.2, 0.25) is 11.8 Å². The monoisotopic (exact) mass is 849 g/mol. The highest BCUT2D eigenvalue weighted by Gasteiger charge is 2.05. The number of nitrogens with two attached hydrogens (primary N) is 1. The lowest BCUT2D eigenvalue weighted by atomic mass is 10.2. The first-order valence-electron chi connectivity index (χ1n) is 20.5. The molecule has 2 amide bonds. The predicted octanol–water partition coefficient (Wildman–Crippen LogP) is 0.290. The van der Waals surface area contributed by atoms with Crippen LogP contribution in [0.4, 0.5) is 0 Å². The van der Waals surface area contributed by atoms with E-state index in [1.807, 2.05) is 30.3 Å². The second-order valence-electron chi connectivity index (χ2n) is 12.2. The van der Waals surface area contributed by atoms with E-state index in [9.17, 15) is 14.4 Å². The number of rotatable bonds is 46. The van der Waals surface area contributed by atoms with Crippen LogP contribution >= 0.6 is 0 Å². The standard InChI is InChI=1S/C40H71N3O16/c41-9-15-50-21-27-56-33-30-53-24-18-47-12-6-38(44)42-10-16-51-22-28-57-34-31-54-25-19-48-13-7-39(45)43-11-17-52-23-29-58-35-32-55-26-20-49-14-8-40(46)59-36-37-4-2-1-3-5-37/h1-5H,6-36,41H2,(H,42,44)(H,43,45). The lowest BCUT2D eigenvalue weighted by Gasteiger charge is -2.09. The van der Waals surface area contributed by atoms with E-state index >= 15 is 0 Å². The summed E-state index contributed by atoms with van der Waals surface area (Å²) >= 11 is 0. The SMILES string of the molecule is NCCOCCOCCOCCOCCC(=O)NCCOCCOCCOCCOCCC(=O)NCCOCCOCCOCCOCCC(=O)OCc1ccccc1. The molecular formula is C40H71N3O16. The topological polar surface area (TPSA) is 221 Å². The summed E-state index contributed by atoms with van der Waals surface area (Å²) in [5, 5.41) is 5.56. The first kappa shape index (κ1) is 54.1. The first-order valence-corrected chi connectivity index (χ1v) is 20.5. The van der Waals surface area contributed by atoms with Crippen LogP contribution in [0.15, 0.2) is 30.3 Å². The normalized spacial score (nSPS) is 11.2. The Labute approximate surface area is 349 Å². The van der Waals surface area contributed by atoms with Crippen LogP contribution in [0.2, 0.25) is 0 Å². The number of carbonyl (C=O) groups is 3. The maximum absolute atomic E-state index is 11.9. The number of nitrogens with one attached hydrogen (secondary N) is 2. The fraction of sp³-hybridized carbons (Fsp3) is 0.775. The molecular weight excluding hydrogens is 778 g/mol. The van der Waals surface area contributed by atoms with E-state index in [0.29, 0.717) is 172 Å². The molecule has 1 aromatic carbocycles. The summed E-state index contributed by atoms with van der Waals surface area (Å²) in [5.41, 5.74) is 6.28. The maximum Gasteiger partial charge on any atom is 0.308 e. The molecule has 59 heavy (non-hydrogen) atoms. The Bertz CT molecular complexity index is 1080. The van der Waals surface area contributed by atoms with Crippen molar-refractivity contribution >= 4 is 17.8 Å². The smallest absolute Gasteiger partial charge is 0.308 e. The quantitative estimate of drug-likeness (QED) is 0.0593. The summed E-state index contributed by atoms with van der Waals surface area (Å²) in [4.78, 5) is 35.5. The largest absolute Gasteiger partial charge is 0.461 e. The molecule has 0 radical (unpaired) electrons. The molecule has 0 aliphatic carbocycles. The van der Waals surface area contributed by atoms with Gasteiger partial charge in [-0.05, 0) is 5.56 Å². The summed E-state index contributed by atoms with van der Waals surface area (Å²) in [7, 11) is 0. The molecule has 0 saturated heterocycles. The molecule has 0 saturated carbocycles. The molecule has 1 aromatic rings. The van der Waals surface area contributed by atoms with Crippen LogP contribution in [-0.2, 0) is 82.6 Å². The van der Waals surface area contributed by atoms with Crippen LogP contribution in [0.1, 0.15) is 24.8 Å². The van der Waals surface area contributed by atoms with Crippen LogP contribution in [0, 0.1) is 0 Å². The Balaban J connectivity index is 1.69. The molecule has 342 valence electrons. The molecule has 19 heteroatoms. The van der Waals surface area contributed by atoms with Gasteiger partial charge in [-0.3, -0.25) is 14.4 Å². The van der Waals surface area contributed by atoms with Gasteiger partial charge in [-0.25, -0.2) is 0 Å². The fourth-order valence-corrected chi connectivity index (χ4v) is 4.37. The molecule has 0 aliphatic heterocycles. The van der Waals surface area contributed by atoms with Crippen LogP contribution < -0.4 is 16.4 Å². The highest BCUT2D eigenvalue weighted by molar-refractivity contribution is 5.76. The summed E-state index contributed by atoms with van der Waals surface area (Å²) in [5.74, 6) is -0.517. The first-order chi connectivity index (χ1) is 29.1. The molecule has 0 unspecified atom stereocenters. The van der Waals surface area contributed by atoms with Crippen LogP contribution in [0.3, 0.4) is 0 Å². The zero-order valence-corrected chi connectivity index (χ0v) is 34.9. The van der Waals surface area contributed by atoms with Crippen molar-refractivity contribution in [1.82, 2.24) is 10.6 Å². The summed E-state index contributed by atoms with van der Waals surface area (Å²) < 4.78 is 70.1. The number of esters is 1. The molecule has 19 nitrogen and oxygen atoms in total. The van der Waals surface area contributed by atoms with E-state index in [1.165, 1.54) is 0 Å². The zero-order valence-electron chi connectivity index (χ0n) is 34.9. The summed E-state index contributed by atoms with van der Waals surface area (Å²) in [6, 6.07) is 9.51. The molecule has 1 rings (SSSR count). The Hall–Kier alpha value is -2.89. The number of hydrogen-bond donors (Lipinski definition) is 3. The Morgan fingerprint density at radius 3 is 1.05 bits per heavy atom.